The number of aliphatic hydroxyl groups excluding tert-OH is 1. The first-order valence-electron chi connectivity index (χ1n) is 7.19. The van der Waals surface area contributed by atoms with Gasteiger partial charge < -0.3 is 9.52 Å². The van der Waals surface area contributed by atoms with Crippen molar-refractivity contribution in [3.63, 3.8) is 0 Å². The lowest BCUT2D eigenvalue weighted by molar-refractivity contribution is 0.0908. The van der Waals surface area contributed by atoms with Crippen molar-refractivity contribution in [2.75, 3.05) is 13.2 Å². The molecule has 1 aliphatic carbocycles. The fraction of sp³-hybridized carbons (Fsp3) is 0.643. The Bertz CT molecular complexity index is 427. The van der Waals surface area contributed by atoms with Crippen molar-refractivity contribution in [1.82, 2.24) is 10.3 Å². The number of rotatable bonds is 6. The summed E-state index contributed by atoms with van der Waals surface area (Å²) < 4.78 is 5.49. The van der Waals surface area contributed by atoms with Crippen LogP contribution in [0.1, 0.15) is 48.4 Å². The number of hydrazine groups is 1. The van der Waals surface area contributed by atoms with E-state index in [2.05, 4.69) is 10.3 Å². The molecule has 0 atom stereocenters. The number of nitrogens with two attached hydrogens (primary N) is 1. The summed E-state index contributed by atoms with van der Waals surface area (Å²) in [5, 5.41) is 9.22. The molecule has 0 radical (unpaired) electrons. The van der Waals surface area contributed by atoms with Gasteiger partial charge in [0.2, 0.25) is 0 Å². The third-order valence-electron chi connectivity index (χ3n) is 3.85. The Balaban J connectivity index is 1.99. The van der Waals surface area contributed by atoms with Crippen LogP contribution in [0, 0.1) is 0 Å². The molecule has 2 rings (SSSR count). The van der Waals surface area contributed by atoms with Gasteiger partial charge in [0.15, 0.2) is 5.76 Å². The molecule has 1 fully saturated rings. The Hall–Kier alpha value is -1.37. The van der Waals surface area contributed by atoms with E-state index in [0.717, 1.165) is 18.6 Å². The number of aliphatic hydroxyl groups is 1. The van der Waals surface area contributed by atoms with Crippen molar-refractivity contribution in [2.24, 2.45) is 5.84 Å². The summed E-state index contributed by atoms with van der Waals surface area (Å²) in [5.74, 6) is 5.59. The normalized spacial score (nSPS) is 16.6. The maximum atomic E-state index is 11.4. The van der Waals surface area contributed by atoms with Crippen molar-refractivity contribution < 1.29 is 14.3 Å². The maximum Gasteiger partial charge on any atom is 0.300 e. The Kier molecular flexibility index (Phi) is 5.58. The largest absolute Gasteiger partial charge is 0.455 e. The Morgan fingerprint density at radius 2 is 2.15 bits per heavy atom. The van der Waals surface area contributed by atoms with E-state index >= 15 is 0 Å². The number of hydrogen-bond acceptors (Lipinski definition) is 5. The van der Waals surface area contributed by atoms with Crippen molar-refractivity contribution in [3.8, 4) is 0 Å². The highest BCUT2D eigenvalue weighted by molar-refractivity contribution is 5.90. The summed E-state index contributed by atoms with van der Waals surface area (Å²) in [6.45, 7) is 1.38. The van der Waals surface area contributed by atoms with Gasteiger partial charge >= 0.3 is 5.91 Å². The molecular weight excluding hydrogens is 258 g/mol. The Labute approximate surface area is 118 Å². The van der Waals surface area contributed by atoms with Crippen LogP contribution in [-0.2, 0) is 6.54 Å². The average Bonchev–Trinajstić information content (AvgIpc) is 2.95. The molecule has 4 N–H and O–H groups in total. The zero-order valence-corrected chi connectivity index (χ0v) is 11.7. The standard InChI is InChI=1S/C14H23N3O3/c15-16-14(19)13-7-6-12(20-13)10-17(8-9-18)11-4-2-1-3-5-11/h6-7,11,18H,1-5,8-10,15H2,(H,16,19). The van der Waals surface area contributed by atoms with Gasteiger partial charge in [-0.3, -0.25) is 15.1 Å². The van der Waals surface area contributed by atoms with Crippen molar-refractivity contribution in [3.05, 3.63) is 23.7 Å². The molecule has 1 aromatic rings. The molecule has 1 aromatic heterocycles. The van der Waals surface area contributed by atoms with Crippen molar-refractivity contribution in [2.45, 2.75) is 44.7 Å². The molecule has 1 heterocycles. The first kappa shape index (κ1) is 15.0. The molecule has 0 aromatic carbocycles. The minimum absolute atomic E-state index is 0.132. The summed E-state index contributed by atoms with van der Waals surface area (Å²) in [7, 11) is 0. The number of carbonyl (C=O) groups excluding carboxylic acids is 1. The number of carbonyl (C=O) groups is 1. The van der Waals surface area contributed by atoms with Crippen molar-refractivity contribution in [1.29, 1.82) is 0 Å². The smallest absolute Gasteiger partial charge is 0.300 e. The molecule has 112 valence electrons. The van der Waals surface area contributed by atoms with Gasteiger partial charge in [0.05, 0.1) is 13.2 Å². The van der Waals surface area contributed by atoms with E-state index in [-0.39, 0.29) is 12.4 Å². The summed E-state index contributed by atoms with van der Waals surface area (Å²) in [5.41, 5.74) is 2.05. The highest BCUT2D eigenvalue weighted by Gasteiger charge is 2.22. The summed E-state index contributed by atoms with van der Waals surface area (Å²) >= 11 is 0. The van der Waals surface area contributed by atoms with Gasteiger partial charge in [0.1, 0.15) is 5.76 Å². The fourth-order valence-electron chi connectivity index (χ4n) is 2.82. The van der Waals surface area contributed by atoms with Gasteiger partial charge in [-0.05, 0) is 25.0 Å². The molecule has 0 bridgehead atoms. The predicted molar refractivity (Wildman–Crippen MR) is 74.7 cm³/mol. The van der Waals surface area contributed by atoms with Crippen molar-refractivity contribution >= 4 is 5.91 Å². The quantitative estimate of drug-likeness (QED) is 0.411. The maximum absolute atomic E-state index is 11.4. The lowest BCUT2D eigenvalue weighted by Gasteiger charge is -2.33. The molecule has 20 heavy (non-hydrogen) atoms. The average molecular weight is 281 g/mol. The lowest BCUT2D eigenvalue weighted by Crippen LogP contribution is -2.38. The van der Waals surface area contributed by atoms with Crippen LogP contribution in [0.5, 0.6) is 0 Å². The van der Waals surface area contributed by atoms with E-state index in [9.17, 15) is 9.90 Å². The minimum Gasteiger partial charge on any atom is -0.455 e. The summed E-state index contributed by atoms with van der Waals surface area (Å²) in [6, 6.07) is 3.90. The van der Waals surface area contributed by atoms with Crippen LogP contribution in [0.2, 0.25) is 0 Å². The van der Waals surface area contributed by atoms with Gasteiger partial charge in [-0.15, -0.1) is 0 Å². The molecule has 1 aliphatic rings. The number of nitrogen functional groups attached to an aromatic ring is 1. The summed E-state index contributed by atoms with van der Waals surface area (Å²) in [4.78, 5) is 13.6. The van der Waals surface area contributed by atoms with Crippen LogP contribution < -0.4 is 11.3 Å². The van der Waals surface area contributed by atoms with Crippen LogP contribution in [0.25, 0.3) is 0 Å². The number of nitrogens with zero attached hydrogens (tertiary/aromatic N) is 1. The van der Waals surface area contributed by atoms with Gasteiger partial charge in [0, 0.05) is 12.6 Å². The topological polar surface area (TPSA) is 91.7 Å². The Morgan fingerprint density at radius 3 is 2.80 bits per heavy atom. The van der Waals surface area contributed by atoms with Gasteiger partial charge in [-0.1, -0.05) is 19.3 Å². The molecule has 1 amide bonds. The van der Waals surface area contributed by atoms with Gasteiger partial charge in [0.25, 0.3) is 0 Å². The first-order valence-corrected chi connectivity index (χ1v) is 7.19. The molecule has 0 aliphatic heterocycles. The van der Waals surface area contributed by atoms with Crippen LogP contribution in [0.4, 0.5) is 0 Å². The Morgan fingerprint density at radius 1 is 1.40 bits per heavy atom. The molecule has 6 nitrogen and oxygen atoms in total. The van der Waals surface area contributed by atoms with E-state index in [1.807, 2.05) is 0 Å². The van der Waals surface area contributed by atoms with Crippen LogP contribution >= 0.6 is 0 Å². The third-order valence-corrected chi connectivity index (χ3v) is 3.85. The van der Waals surface area contributed by atoms with Crippen LogP contribution in [0.3, 0.4) is 0 Å². The number of hydrogen-bond donors (Lipinski definition) is 3. The van der Waals surface area contributed by atoms with Gasteiger partial charge in [-0.2, -0.15) is 0 Å². The molecule has 0 saturated heterocycles. The zero-order valence-electron chi connectivity index (χ0n) is 11.7. The number of amides is 1. The zero-order chi connectivity index (χ0) is 14.4. The molecule has 1 saturated carbocycles. The van der Waals surface area contributed by atoms with E-state index < -0.39 is 5.91 Å². The highest BCUT2D eigenvalue weighted by atomic mass is 16.4. The van der Waals surface area contributed by atoms with Crippen LogP contribution in [-0.4, -0.2) is 35.1 Å². The van der Waals surface area contributed by atoms with E-state index in [0.29, 0.717) is 19.1 Å². The molecule has 6 heteroatoms. The van der Waals surface area contributed by atoms with E-state index in [4.69, 9.17) is 10.3 Å². The predicted octanol–water partition coefficient (Wildman–Crippen LogP) is 1.01. The number of furan rings is 1. The van der Waals surface area contributed by atoms with E-state index in [1.54, 1.807) is 12.1 Å². The highest BCUT2D eigenvalue weighted by Crippen LogP contribution is 2.24. The second-order valence-corrected chi connectivity index (χ2v) is 5.23. The lowest BCUT2D eigenvalue weighted by atomic mass is 9.94. The summed E-state index contributed by atoms with van der Waals surface area (Å²) in [6.07, 6.45) is 6.11. The second-order valence-electron chi connectivity index (χ2n) is 5.23. The second kappa shape index (κ2) is 7.42. The molecule has 0 spiro atoms. The monoisotopic (exact) mass is 281 g/mol. The number of nitrogens with one attached hydrogen (secondary N) is 1. The van der Waals surface area contributed by atoms with Crippen LogP contribution in [0.15, 0.2) is 16.5 Å². The molecular formula is C14H23N3O3. The fourth-order valence-corrected chi connectivity index (χ4v) is 2.82. The third kappa shape index (κ3) is 3.82. The first-order chi connectivity index (χ1) is 9.74. The van der Waals surface area contributed by atoms with Gasteiger partial charge in [-0.25, -0.2) is 5.84 Å². The molecule has 0 unspecified atom stereocenters. The SMILES string of the molecule is NNC(=O)c1ccc(CN(CCO)C2CCCCC2)o1. The minimum atomic E-state index is -0.428. The van der Waals surface area contributed by atoms with E-state index in [1.165, 1.54) is 19.3 Å².